The van der Waals surface area contributed by atoms with Crippen LogP contribution in [0.15, 0.2) is 49.6 Å². The Morgan fingerprint density at radius 3 is 1.28 bits per heavy atom. The van der Waals surface area contributed by atoms with Crippen LogP contribution in [0.4, 0.5) is 0 Å². The molecule has 0 saturated heterocycles. The highest BCUT2D eigenvalue weighted by Crippen LogP contribution is 2.44. The summed E-state index contributed by atoms with van der Waals surface area (Å²) in [6.07, 6.45) is 19.2. The summed E-state index contributed by atoms with van der Waals surface area (Å²) in [6.45, 7) is 7.66. The molecule has 0 nitrogen and oxygen atoms in total. The molecular formula is C18H24. The SMILES string of the molecule is C=CC1CC2C=CC1C2.C=CC1CC2C=CC1C2. The zero-order valence-electron chi connectivity index (χ0n) is 11.2. The van der Waals surface area contributed by atoms with Crippen molar-refractivity contribution < 1.29 is 0 Å². The van der Waals surface area contributed by atoms with Crippen LogP contribution in [0, 0.1) is 35.5 Å². The first-order valence-electron chi connectivity index (χ1n) is 7.42. The normalized spacial score (nSPS) is 46.0. The lowest BCUT2D eigenvalue weighted by Crippen LogP contribution is -2.01. The second-order valence-electron chi connectivity index (χ2n) is 6.36. The largest absolute Gasteiger partial charge is 0.103 e. The van der Waals surface area contributed by atoms with E-state index < -0.39 is 0 Å². The molecule has 0 heterocycles. The van der Waals surface area contributed by atoms with Crippen LogP contribution in [0.3, 0.4) is 0 Å². The molecule has 18 heavy (non-hydrogen) atoms. The third-order valence-corrected chi connectivity index (χ3v) is 5.27. The molecule has 0 radical (unpaired) electrons. The van der Waals surface area contributed by atoms with Crippen LogP contribution in [0.1, 0.15) is 25.7 Å². The second kappa shape index (κ2) is 4.91. The second-order valence-corrected chi connectivity index (χ2v) is 6.36. The van der Waals surface area contributed by atoms with Crippen LogP contribution in [0.25, 0.3) is 0 Å². The Bertz CT molecular complexity index is 349. The van der Waals surface area contributed by atoms with E-state index in [9.17, 15) is 0 Å². The summed E-state index contributed by atoms with van der Waals surface area (Å²) in [4.78, 5) is 0. The Labute approximate surface area is 111 Å². The number of hydrogen-bond acceptors (Lipinski definition) is 0. The molecule has 4 rings (SSSR count). The Balaban J connectivity index is 0.000000111. The first-order valence-corrected chi connectivity index (χ1v) is 7.42. The summed E-state index contributed by atoms with van der Waals surface area (Å²) in [6, 6.07) is 0. The van der Waals surface area contributed by atoms with Crippen LogP contribution >= 0.6 is 0 Å². The van der Waals surface area contributed by atoms with Gasteiger partial charge in [0, 0.05) is 0 Å². The Morgan fingerprint density at radius 2 is 1.11 bits per heavy atom. The van der Waals surface area contributed by atoms with Crippen molar-refractivity contribution in [2.45, 2.75) is 25.7 Å². The van der Waals surface area contributed by atoms with Gasteiger partial charge in [0.1, 0.15) is 0 Å². The van der Waals surface area contributed by atoms with Gasteiger partial charge in [0.25, 0.3) is 0 Å². The lowest BCUT2D eigenvalue weighted by Gasteiger charge is -2.11. The molecule has 0 amide bonds. The minimum absolute atomic E-state index is 0.806. The summed E-state index contributed by atoms with van der Waals surface area (Å²) in [5.41, 5.74) is 0. The standard InChI is InChI=1S/2C9H12/c2*1-2-8-5-7-3-4-9(8)6-7/h2*2-4,7-9H,1,5-6H2. The fourth-order valence-electron chi connectivity index (χ4n) is 4.19. The molecule has 0 spiro atoms. The molecule has 96 valence electrons. The quantitative estimate of drug-likeness (QED) is 0.610. The van der Waals surface area contributed by atoms with Crippen molar-refractivity contribution in [2.75, 3.05) is 0 Å². The molecule has 0 aromatic rings. The van der Waals surface area contributed by atoms with Gasteiger partial charge < -0.3 is 0 Å². The number of allylic oxidation sites excluding steroid dienone is 6. The number of fused-ring (bicyclic) bond motifs is 4. The van der Waals surface area contributed by atoms with Gasteiger partial charge in [-0.2, -0.15) is 0 Å². The van der Waals surface area contributed by atoms with Crippen LogP contribution < -0.4 is 0 Å². The summed E-state index contributed by atoms with van der Waals surface area (Å²) in [5.74, 6) is 5.12. The van der Waals surface area contributed by atoms with Crippen LogP contribution in [-0.4, -0.2) is 0 Å². The minimum Gasteiger partial charge on any atom is -0.103 e. The highest BCUT2D eigenvalue weighted by molar-refractivity contribution is 5.14. The fourth-order valence-corrected chi connectivity index (χ4v) is 4.19. The lowest BCUT2D eigenvalue weighted by atomic mass is 9.94. The highest BCUT2D eigenvalue weighted by atomic mass is 14.4. The van der Waals surface area contributed by atoms with Gasteiger partial charge in [0.2, 0.25) is 0 Å². The molecule has 0 aromatic heterocycles. The zero-order chi connectivity index (χ0) is 12.5. The van der Waals surface area contributed by atoms with Crippen molar-refractivity contribution in [3.8, 4) is 0 Å². The molecule has 2 fully saturated rings. The van der Waals surface area contributed by atoms with E-state index in [1.807, 2.05) is 0 Å². The van der Waals surface area contributed by atoms with E-state index in [-0.39, 0.29) is 0 Å². The van der Waals surface area contributed by atoms with Gasteiger partial charge in [0.05, 0.1) is 0 Å². The maximum absolute atomic E-state index is 3.83. The fraction of sp³-hybridized carbons (Fsp3) is 0.556. The molecule has 0 aromatic carbocycles. The zero-order valence-corrected chi connectivity index (χ0v) is 11.2. The minimum atomic E-state index is 0.806. The first kappa shape index (κ1) is 12.0. The molecule has 0 N–H and O–H groups in total. The smallest absolute Gasteiger partial charge is 0.0165 e. The van der Waals surface area contributed by atoms with Crippen molar-refractivity contribution in [3.05, 3.63) is 49.6 Å². The van der Waals surface area contributed by atoms with Crippen LogP contribution in [0.5, 0.6) is 0 Å². The number of rotatable bonds is 2. The van der Waals surface area contributed by atoms with Gasteiger partial charge in [0.15, 0.2) is 0 Å². The predicted octanol–water partition coefficient (Wildman–Crippen LogP) is 4.77. The van der Waals surface area contributed by atoms with Gasteiger partial charge in [-0.05, 0) is 61.2 Å². The van der Waals surface area contributed by atoms with E-state index in [4.69, 9.17) is 0 Å². The van der Waals surface area contributed by atoms with Crippen molar-refractivity contribution in [2.24, 2.45) is 35.5 Å². The van der Waals surface area contributed by atoms with E-state index in [1.54, 1.807) is 0 Å². The van der Waals surface area contributed by atoms with E-state index in [2.05, 4.69) is 49.6 Å². The van der Waals surface area contributed by atoms with Crippen LogP contribution in [0.2, 0.25) is 0 Å². The molecule has 4 aliphatic carbocycles. The summed E-state index contributed by atoms with van der Waals surface area (Å²) in [7, 11) is 0. The molecule has 2 saturated carbocycles. The summed E-state index contributed by atoms with van der Waals surface area (Å²) in [5, 5.41) is 0. The van der Waals surface area contributed by atoms with Gasteiger partial charge in [-0.1, -0.05) is 36.5 Å². The average molecular weight is 240 g/mol. The third kappa shape index (κ3) is 2.13. The molecule has 0 aliphatic heterocycles. The highest BCUT2D eigenvalue weighted by Gasteiger charge is 2.33. The molecule has 4 bridgehead atoms. The monoisotopic (exact) mass is 240 g/mol. The Hall–Kier alpha value is -1.04. The topological polar surface area (TPSA) is 0 Å². The number of hydrogen-bond donors (Lipinski definition) is 0. The summed E-state index contributed by atoms with van der Waals surface area (Å²) >= 11 is 0. The van der Waals surface area contributed by atoms with E-state index in [0.717, 1.165) is 35.5 Å². The average Bonchev–Trinajstić information content (AvgIpc) is 3.17. The lowest BCUT2D eigenvalue weighted by molar-refractivity contribution is 0.551. The van der Waals surface area contributed by atoms with E-state index >= 15 is 0 Å². The summed E-state index contributed by atoms with van der Waals surface area (Å²) < 4.78 is 0. The first-order chi connectivity index (χ1) is 8.80. The Morgan fingerprint density at radius 1 is 0.667 bits per heavy atom. The maximum atomic E-state index is 3.83. The van der Waals surface area contributed by atoms with Crippen LogP contribution in [-0.2, 0) is 0 Å². The van der Waals surface area contributed by atoms with Gasteiger partial charge in [-0.15, -0.1) is 13.2 Å². The molecule has 6 atom stereocenters. The Kier molecular flexibility index (Phi) is 3.28. The van der Waals surface area contributed by atoms with Gasteiger partial charge >= 0.3 is 0 Å². The van der Waals surface area contributed by atoms with Gasteiger partial charge in [-0.25, -0.2) is 0 Å². The van der Waals surface area contributed by atoms with Crippen molar-refractivity contribution >= 4 is 0 Å². The third-order valence-electron chi connectivity index (χ3n) is 5.27. The van der Waals surface area contributed by atoms with E-state index in [1.165, 1.54) is 25.7 Å². The maximum Gasteiger partial charge on any atom is -0.0165 e. The van der Waals surface area contributed by atoms with Crippen molar-refractivity contribution in [1.29, 1.82) is 0 Å². The van der Waals surface area contributed by atoms with Gasteiger partial charge in [-0.3, -0.25) is 0 Å². The molecule has 6 unspecified atom stereocenters. The molecule has 0 heteroatoms. The molecular weight excluding hydrogens is 216 g/mol. The predicted molar refractivity (Wildman–Crippen MR) is 78.1 cm³/mol. The molecule has 4 aliphatic rings. The van der Waals surface area contributed by atoms with Crippen molar-refractivity contribution in [1.82, 2.24) is 0 Å². The van der Waals surface area contributed by atoms with Crippen molar-refractivity contribution in [3.63, 3.8) is 0 Å². The van der Waals surface area contributed by atoms with E-state index in [0.29, 0.717) is 0 Å².